The normalized spacial score (nSPS) is 10.7. The van der Waals surface area contributed by atoms with E-state index in [0.717, 1.165) is 17.5 Å². The van der Waals surface area contributed by atoms with Crippen molar-refractivity contribution < 1.29 is 4.79 Å². The van der Waals surface area contributed by atoms with Gasteiger partial charge in [-0.2, -0.15) is 0 Å². The van der Waals surface area contributed by atoms with E-state index in [-0.39, 0.29) is 5.91 Å². The molecular weight excluding hydrogens is 260 g/mol. The van der Waals surface area contributed by atoms with E-state index < -0.39 is 0 Å². The minimum absolute atomic E-state index is 0.0395. The molecule has 0 saturated carbocycles. The van der Waals surface area contributed by atoms with Crippen molar-refractivity contribution in [2.24, 2.45) is 0 Å². The first-order valence-corrected chi connectivity index (χ1v) is 7.09. The van der Waals surface area contributed by atoms with Crippen LogP contribution in [0.25, 0.3) is 10.9 Å². The molecule has 1 aromatic heterocycles. The molecule has 0 bridgehead atoms. The number of amides is 1. The quantitative estimate of drug-likeness (QED) is 0.782. The molecule has 3 rings (SSSR count). The predicted octanol–water partition coefficient (Wildman–Crippen LogP) is 2.98. The number of hydrogen-bond acceptors (Lipinski definition) is 1. The summed E-state index contributed by atoms with van der Waals surface area (Å²) in [5, 5.41) is 3.84. The highest BCUT2D eigenvalue weighted by Crippen LogP contribution is 2.22. The van der Waals surface area contributed by atoms with Crippen LogP contribution >= 0.6 is 0 Å². The first-order chi connectivity index (χ1) is 10.3. The van der Waals surface area contributed by atoms with Crippen LogP contribution in [0.3, 0.4) is 0 Å². The fourth-order valence-electron chi connectivity index (χ4n) is 2.64. The van der Waals surface area contributed by atoms with Crippen molar-refractivity contribution in [3.8, 4) is 0 Å². The second-order valence-electron chi connectivity index (χ2n) is 5.13. The molecule has 106 valence electrons. The first-order valence-electron chi connectivity index (χ1n) is 7.09. The second kappa shape index (κ2) is 5.83. The van der Waals surface area contributed by atoms with E-state index >= 15 is 0 Å². The lowest BCUT2D eigenvalue weighted by atomic mass is 10.1. The van der Waals surface area contributed by atoms with Gasteiger partial charge in [0.15, 0.2) is 0 Å². The van der Waals surface area contributed by atoms with Crippen LogP contribution in [-0.4, -0.2) is 17.5 Å². The molecule has 0 aliphatic rings. The van der Waals surface area contributed by atoms with Crippen molar-refractivity contribution in [2.45, 2.75) is 13.0 Å². The highest BCUT2D eigenvalue weighted by atomic mass is 16.1. The van der Waals surface area contributed by atoms with Crippen molar-refractivity contribution in [1.82, 2.24) is 9.88 Å². The molecule has 3 nitrogen and oxygen atoms in total. The highest BCUT2D eigenvalue weighted by Gasteiger charge is 2.11. The largest absolute Gasteiger partial charge is 0.359 e. The molecule has 21 heavy (non-hydrogen) atoms. The summed E-state index contributed by atoms with van der Waals surface area (Å²) >= 11 is 0. The molecule has 2 aromatic carbocycles. The number of aromatic nitrogens is 1. The SMILES string of the molecule is CNC(=O)Cc1cn(Cc2ccccc2)c2ccccc12. The number of rotatable bonds is 4. The molecule has 1 heterocycles. The summed E-state index contributed by atoms with van der Waals surface area (Å²) in [5.74, 6) is 0.0395. The number of carbonyl (C=O) groups excluding carboxylic acids is 1. The van der Waals surface area contributed by atoms with Gasteiger partial charge in [0.05, 0.1) is 6.42 Å². The summed E-state index contributed by atoms with van der Waals surface area (Å²) in [6, 6.07) is 18.6. The third-order valence-corrected chi connectivity index (χ3v) is 3.70. The number of nitrogens with zero attached hydrogens (tertiary/aromatic N) is 1. The van der Waals surface area contributed by atoms with Crippen LogP contribution in [-0.2, 0) is 17.8 Å². The fourth-order valence-corrected chi connectivity index (χ4v) is 2.64. The Labute approximate surface area is 124 Å². The molecule has 1 amide bonds. The van der Waals surface area contributed by atoms with Crippen LogP contribution in [0.4, 0.5) is 0 Å². The molecule has 0 spiro atoms. The van der Waals surface area contributed by atoms with Crippen LogP contribution in [0.5, 0.6) is 0 Å². The Balaban J connectivity index is 2.00. The van der Waals surface area contributed by atoms with E-state index in [1.54, 1.807) is 7.05 Å². The van der Waals surface area contributed by atoms with Gasteiger partial charge in [0.1, 0.15) is 0 Å². The smallest absolute Gasteiger partial charge is 0.224 e. The van der Waals surface area contributed by atoms with Crippen molar-refractivity contribution in [1.29, 1.82) is 0 Å². The maximum Gasteiger partial charge on any atom is 0.224 e. The summed E-state index contributed by atoms with van der Waals surface area (Å²) in [6.45, 7) is 0.815. The summed E-state index contributed by atoms with van der Waals surface area (Å²) in [6.07, 6.45) is 2.51. The van der Waals surface area contributed by atoms with Gasteiger partial charge in [-0.05, 0) is 17.2 Å². The molecule has 0 saturated heterocycles. The predicted molar refractivity (Wildman–Crippen MR) is 85.3 cm³/mol. The van der Waals surface area contributed by atoms with E-state index in [1.807, 2.05) is 30.3 Å². The lowest BCUT2D eigenvalue weighted by Gasteiger charge is -2.05. The Bertz CT molecular complexity index is 759. The van der Waals surface area contributed by atoms with Crippen LogP contribution in [0.1, 0.15) is 11.1 Å². The molecule has 3 heteroatoms. The van der Waals surface area contributed by atoms with Gasteiger partial charge in [-0.1, -0.05) is 48.5 Å². The summed E-state index contributed by atoms with van der Waals surface area (Å²) in [4.78, 5) is 11.7. The third kappa shape index (κ3) is 2.82. The zero-order chi connectivity index (χ0) is 14.7. The van der Waals surface area contributed by atoms with Crippen molar-refractivity contribution >= 4 is 16.8 Å². The average molecular weight is 278 g/mol. The molecule has 0 unspecified atom stereocenters. The number of para-hydroxylation sites is 1. The molecule has 0 aliphatic carbocycles. The average Bonchev–Trinajstić information content (AvgIpc) is 2.86. The Hall–Kier alpha value is -2.55. The van der Waals surface area contributed by atoms with E-state index in [1.165, 1.54) is 11.1 Å². The van der Waals surface area contributed by atoms with Gasteiger partial charge in [-0.3, -0.25) is 4.79 Å². The topological polar surface area (TPSA) is 34.0 Å². The first kappa shape index (κ1) is 13.4. The van der Waals surface area contributed by atoms with Gasteiger partial charge in [-0.25, -0.2) is 0 Å². The summed E-state index contributed by atoms with van der Waals surface area (Å²) < 4.78 is 2.21. The summed E-state index contributed by atoms with van der Waals surface area (Å²) in [7, 11) is 1.67. The van der Waals surface area contributed by atoms with E-state index in [9.17, 15) is 4.79 Å². The number of nitrogens with one attached hydrogen (secondary N) is 1. The van der Waals surface area contributed by atoms with Crippen molar-refractivity contribution in [2.75, 3.05) is 7.05 Å². The molecule has 0 fully saturated rings. The van der Waals surface area contributed by atoms with Crippen LogP contribution in [0.15, 0.2) is 60.8 Å². The summed E-state index contributed by atoms with van der Waals surface area (Å²) in [5.41, 5.74) is 3.49. The number of carbonyl (C=O) groups is 1. The third-order valence-electron chi connectivity index (χ3n) is 3.70. The minimum Gasteiger partial charge on any atom is -0.359 e. The number of fused-ring (bicyclic) bond motifs is 1. The van der Waals surface area contributed by atoms with Crippen molar-refractivity contribution in [3.63, 3.8) is 0 Å². The lowest BCUT2D eigenvalue weighted by molar-refractivity contribution is -0.119. The standard InChI is InChI=1S/C18H18N2O/c1-19-18(21)11-15-13-20(12-14-7-3-2-4-8-14)17-10-6-5-9-16(15)17/h2-10,13H,11-12H2,1H3,(H,19,21). The fraction of sp³-hybridized carbons (Fsp3) is 0.167. The van der Waals surface area contributed by atoms with Crippen LogP contribution in [0, 0.1) is 0 Å². The number of likely N-dealkylation sites (N-methyl/N-ethyl adjacent to an activating group) is 1. The Morgan fingerprint density at radius 2 is 1.76 bits per heavy atom. The second-order valence-corrected chi connectivity index (χ2v) is 5.13. The molecule has 0 aliphatic heterocycles. The molecule has 0 radical (unpaired) electrons. The van der Waals surface area contributed by atoms with Gasteiger partial charge < -0.3 is 9.88 Å². The monoisotopic (exact) mass is 278 g/mol. The minimum atomic E-state index is 0.0395. The van der Waals surface area contributed by atoms with Gasteiger partial charge in [0.2, 0.25) is 5.91 Å². The van der Waals surface area contributed by atoms with Crippen LogP contribution < -0.4 is 5.32 Å². The molecular formula is C18H18N2O. The van der Waals surface area contributed by atoms with Crippen molar-refractivity contribution in [3.05, 3.63) is 71.9 Å². The van der Waals surface area contributed by atoms with Gasteiger partial charge in [0.25, 0.3) is 0 Å². The van der Waals surface area contributed by atoms with Gasteiger partial charge in [0, 0.05) is 30.7 Å². The zero-order valence-corrected chi connectivity index (χ0v) is 12.0. The molecule has 3 aromatic rings. The lowest BCUT2D eigenvalue weighted by Crippen LogP contribution is -2.19. The van der Waals surface area contributed by atoms with E-state index in [4.69, 9.17) is 0 Å². The number of benzene rings is 2. The van der Waals surface area contributed by atoms with Gasteiger partial charge in [-0.15, -0.1) is 0 Å². The Morgan fingerprint density at radius 1 is 1.05 bits per heavy atom. The Morgan fingerprint density at radius 3 is 2.52 bits per heavy atom. The highest BCUT2D eigenvalue weighted by molar-refractivity contribution is 5.89. The maximum absolute atomic E-state index is 11.7. The Kier molecular flexibility index (Phi) is 3.73. The van der Waals surface area contributed by atoms with E-state index in [2.05, 4.69) is 40.3 Å². The van der Waals surface area contributed by atoms with E-state index in [0.29, 0.717) is 6.42 Å². The number of hydrogen-bond donors (Lipinski definition) is 1. The van der Waals surface area contributed by atoms with Gasteiger partial charge >= 0.3 is 0 Å². The molecule has 1 N–H and O–H groups in total. The molecule has 0 atom stereocenters. The zero-order valence-electron chi connectivity index (χ0n) is 12.0. The van der Waals surface area contributed by atoms with Crippen LogP contribution in [0.2, 0.25) is 0 Å². The maximum atomic E-state index is 11.7.